The van der Waals surface area contributed by atoms with E-state index in [1.54, 1.807) is 0 Å². The molecule has 0 aliphatic carbocycles. The number of hydrogen-bond donors (Lipinski definition) is 0. The highest BCUT2D eigenvalue weighted by molar-refractivity contribution is 9.10. The Bertz CT molecular complexity index is 363. The Morgan fingerprint density at radius 3 is 2.81 bits per heavy atom. The minimum atomic E-state index is -0.402. The Labute approximate surface area is 103 Å². The van der Waals surface area contributed by atoms with E-state index < -0.39 is 5.97 Å². The summed E-state index contributed by atoms with van der Waals surface area (Å²) >= 11 is 3.38. The fourth-order valence-corrected chi connectivity index (χ4v) is 1.43. The Hall–Kier alpha value is -1.29. The van der Waals surface area contributed by atoms with E-state index in [0.717, 1.165) is 16.3 Å². The highest BCUT2D eigenvalue weighted by Crippen LogP contribution is 2.23. The van der Waals surface area contributed by atoms with E-state index in [9.17, 15) is 4.79 Å². The van der Waals surface area contributed by atoms with Crippen LogP contribution in [0, 0.1) is 0 Å². The number of esters is 1. The zero-order valence-corrected chi connectivity index (χ0v) is 10.4. The standard InChI is InChI=1S/C12H13BrO3/c1-2-12(14)16-9-5-8-15-11-7-4-3-6-10(11)13/h2-4,6-7H,1,5,8-9H2. The number of benzene rings is 1. The van der Waals surface area contributed by atoms with Gasteiger partial charge in [-0.1, -0.05) is 18.7 Å². The van der Waals surface area contributed by atoms with Crippen molar-refractivity contribution in [1.29, 1.82) is 0 Å². The molecule has 1 rings (SSSR count). The van der Waals surface area contributed by atoms with Crippen molar-refractivity contribution in [2.45, 2.75) is 6.42 Å². The van der Waals surface area contributed by atoms with Crippen LogP contribution >= 0.6 is 15.9 Å². The summed E-state index contributed by atoms with van der Waals surface area (Å²) in [4.78, 5) is 10.7. The number of halogens is 1. The van der Waals surface area contributed by atoms with Crippen molar-refractivity contribution in [3.8, 4) is 5.75 Å². The van der Waals surface area contributed by atoms with E-state index in [2.05, 4.69) is 22.5 Å². The van der Waals surface area contributed by atoms with Gasteiger partial charge in [0.1, 0.15) is 5.75 Å². The minimum absolute atomic E-state index is 0.343. The number of rotatable bonds is 6. The molecule has 0 bridgehead atoms. The maximum Gasteiger partial charge on any atom is 0.330 e. The van der Waals surface area contributed by atoms with Crippen molar-refractivity contribution in [3.05, 3.63) is 41.4 Å². The Morgan fingerprint density at radius 1 is 1.38 bits per heavy atom. The molecule has 0 aromatic heterocycles. The number of hydrogen-bond acceptors (Lipinski definition) is 3. The second-order valence-corrected chi connectivity index (χ2v) is 3.86. The molecule has 0 radical (unpaired) electrons. The molecular formula is C12H13BrO3. The molecule has 86 valence electrons. The Kier molecular flexibility index (Phi) is 5.64. The summed E-state index contributed by atoms with van der Waals surface area (Å²) in [6.07, 6.45) is 1.80. The van der Waals surface area contributed by atoms with E-state index >= 15 is 0 Å². The zero-order chi connectivity index (χ0) is 11.8. The average Bonchev–Trinajstić information content (AvgIpc) is 2.30. The van der Waals surface area contributed by atoms with Crippen molar-refractivity contribution >= 4 is 21.9 Å². The van der Waals surface area contributed by atoms with E-state index in [1.165, 1.54) is 0 Å². The molecule has 0 fully saturated rings. The molecular weight excluding hydrogens is 272 g/mol. The first-order valence-corrected chi connectivity index (χ1v) is 5.70. The third kappa shape index (κ3) is 4.49. The molecule has 0 spiro atoms. The summed E-state index contributed by atoms with van der Waals surface area (Å²) in [6.45, 7) is 4.16. The molecule has 0 saturated carbocycles. The number of carbonyl (C=O) groups is 1. The largest absolute Gasteiger partial charge is 0.492 e. The van der Waals surface area contributed by atoms with Crippen LogP contribution < -0.4 is 4.74 Å². The summed E-state index contributed by atoms with van der Waals surface area (Å²) in [5, 5.41) is 0. The zero-order valence-electron chi connectivity index (χ0n) is 8.82. The number of carbonyl (C=O) groups excluding carboxylic acids is 1. The van der Waals surface area contributed by atoms with E-state index in [0.29, 0.717) is 19.6 Å². The van der Waals surface area contributed by atoms with Gasteiger partial charge in [0.15, 0.2) is 0 Å². The monoisotopic (exact) mass is 284 g/mol. The first-order valence-electron chi connectivity index (χ1n) is 4.90. The summed E-state index contributed by atoms with van der Waals surface area (Å²) in [7, 11) is 0. The third-order valence-corrected chi connectivity index (χ3v) is 2.45. The van der Waals surface area contributed by atoms with E-state index in [4.69, 9.17) is 9.47 Å². The van der Waals surface area contributed by atoms with Crippen molar-refractivity contribution in [1.82, 2.24) is 0 Å². The summed E-state index contributed by atoms with van der Waals surface area (Å²) < 4.78 is 11.2. The Balaban J connectivity index is 2.19. The molecule has 0 atom stereocenters. The van der Waals surface area contributed by atoms with Gasteiger partial charge in [0.05, 0.1) is 17.7 Å². The molecule has 0 unspecified atom stereocenters. The van der Waals surface area contributed by atoms with Crippen LogP contribution in [0.2, 0.25) is 0 Å². The normalized spacial score (nSPS) is 9.56. The van der Waals surface area contributed by atoms with Gasteiger partial charge >= 0.3 is 5.97 Å². The van der Waals surface area contributed by atoms with Crippen LogP contribution in [0.25, 0.3) is 0 Å². The first-order chi connectivity index (χ1) is 7.74. The molecule has 3 nitrogen and oxygen atoms in total. The lowest BCUT2D eigenvalue weighted by molar-refractivity contribution is -0.137. The maximum atomic E-state index is 10.7. The minimum Gasteiger partial charge on any atom is -0.492 e. The highest BCUT2D eigenvalue weighted by atomic mass is 79.9. The predicted molar refractivity (Wildman–Crippen MR) is 65.4 cm³/mol. The summed E-state index contributed by atoms with van der Waals surface area (Å²) in [6, 6.07) is 7.60. The molecule has 1 aromatic carbocycles. The van der Waals surface area contributed by atoms with Gasteiger partial charge in [0, 0.05) is 12.5 Å². The first kappa shape index (κ1) is 12.8. The van der Waals surface area contributed by atoms with Gasteiger partial charge in [-0.2, -0.15) is 0 Å². The quantitative estimate of drug-likeness (QED) is 0.458. The van der Waals surface area contributed by atoms with Crippen molar-refractivity contribution < 1.29 is 14.3 Å². The topological polar surface area (TPSA) is 35.5 Å². The molecule has 0 saturated heterocycles. The van der Waals surface area contributed by atoms with Crippen LogP contribution in [-0.2, 0) is 9.53 Å². The summed E-state index contributed by atoms with van der Waals surface area (Å²) in [5.74, 6) is 0.387. The molecule has 4 heteroatoms. The fourth-order valence-electron chi connectivity index (χ4n) is 1.03. The molecule has 0 N–H and O–H groups in total. The van der Waals surface area contributed by atoms with E-state index in [-0.39, 0.29) is 0 Å². The molecule has 0 aliphatic rings. The lowest BCUT2D eigenvalue weighted by atomic mass is 10.3. The van der Waals surface area contributed by atoms with Crippen LogP contribution in [0.4, 0.5) is 0 Å². The SMILES string of the molecule is C=CC(=O)OCCCOc1ccccc1Br. The Morgan fingerprint density at radius 2 is 2.12 bits per heavy atom. The van der Waals surface area contributed by atoms with Crippen molar-refractivity contribution in [2.75, 3.05) is 13.2 Å². The lowest BCUT2D eigenvalue weighted by Crippen LogP contribution is -2.06. The van der Waals surface area contributed by atoms with Crippen molar-refractivity contribution in [3.63, 3.8) is 0 Å². The second kappa shape index (κ2) is 7.06. The lowest BCUT2D eigenvalue weighted by Gasteiger charge is -2.07. The molecule has 0 aliphatic heterocycles. The van der Waals surface area contributed by atoms with Gasteiger partial charge in [-0.15, -0.1) is 0 Å². The van der Waals surface area contributed by atoms with Crippen LogP contribution in [0.15, 0.2) is 41.4 Å². The molecule has 0 heterocycles. The summed E-state index contributed by atoms with van der Waals surface area (Å²) in [5.41, 5.74) is 0. The van der Waals surface area contributed by atoms with Gasteiger partial charge in [0.25, 0.3) is 0 Å². The van der Waals surface area contributed by atoms with Gasteiger partial charge in [-0.25, -0.2) is 4.79 Å². The molecule has 0 amide bonds. The highest BCUT2D eigenvalue weighted by Gasteiger charge is 1.99. The molecule has 16 heavy (non-hydrogen) atoms. The van der Waals surface area contributed by atoms with Crippen molar-refractivity contribution in [2.24, 2.45) is 0 Å². The average molecular weight is 285 g/mol. The predicted octanol–water partition coefficient (Wildman–Crippen LogP) is 2.95. The fraction of sp³-hybridized carbons (Fsp3) is 0.250. The van der Waals surface area contributed by atoms with Gasteiger partial charge in [-0.3, -0.25) is 0 Å². The van der Waals surface area contributed by atoms with Crippen LogP contribution in [0.5, 0.6) is 5.75 Å². The maximum absolute atomic E-state index is 10.7. The number of para-hydroxylation sites is 1. The van der Waals surface area contributed by atoms with Gasteiger partial charge < -0.3 is 9.47 Å². The third-order valence-electron chi connectivity index (χ3n) is 1.79. The second-order valence-electron chi connectivity index (χ2n) is 3.00. The van der Waals surface area contributed by atoms with E-state index in [1.807, 2.05) is 24.3 Å². The van der Waals surface area contributed by atoms with Crippen LogP contribution in [0.1, 0.15) is 6.42 Å². The van der Waals surface area contributed by atoms with Gasteiger partial charge in [0.2, 0.25) is 0 Å². The van der Waals surface area contributed by atoms with Crippen LogP contribution in [-0.4, -0.2) is 19.2 Å². The van der Waals surface area contributed by atoms with Gasteiger partial charge in [-0.05, 0) is 28.1 Å². The van der Waals surface area contributed by atoms with Crippen LogP contribution in [0.3, 0.4) is 0 Å². The molecule has 1 aromatic rings. The number of ether oxygens (including phenoxy) is 2. The smallest absolute Gasteiger partial charge is 0.330 e.